The molecule has 65 heavy (non-hydrogen) atoms. The monoisotopic (exact) mass is 909 g/mol. The third-order valence-electron chi connectivity index (χ3n) is 9.94. The van der Waals surface area contributed by atoms with Gasteiger partial charge in [0.15, 0.2) is 12.4 Å². The molecule has 2 heterocycles. The van der Waals surface area contributed by atoms with Crippen LogP contribution in [0, 0.1) is 13.8 Å². The Bertz CT molecular complexity index is 3180. The molecule has 0 aliphatic heterocycles. The van der Waals surface area contributed by atoms with Crippen molar-refractivity contribution >= 4 is 76.8 Å². The lowest BCUT2D eigenvalue weighted by Crippen LogP contribution is -2.27. The molecule has 8 aromatic rings. The van der Waals surface area contributed by atoms with Gasteiger partial charge in [-0.15, -0.1) is 0 Å². The maximum absolute atomic E-state index is 12.8. The van der Waals surface area contributed by atoms with Crippen molar-refractivity contribution in [3.05, 3.63) is 198 Å². The van der Waals surface area contributed by atoms with E-state index in [0.717, 1.165) is 32.9 Å². The van der Waals surface area contributed by atoms with Crippen LogP contribution >= 0.6 is 0 Å². The zero-order chi connectivity index (χ0) is 46.9. The van der Waals surface area contributed by atoms with Gasteiger partial charge in [0, 0.05) is 68.8 Å². The maximum atomic E-state index is 12.8. The summed E-state index contributed by atoms with van der Waals surface area (Å²) in [5.74, 6) is -0.835. The highest BCUT2D eigenvalue weighted by molar-refractivity contribution is 7.86. The molecular weight excluding hydrogens is 867 g/mol. The number of hydrogen-bond acceptors (Lipinski definition) is 9. The Morgan fingerprint density at radius 3 is 1.08 bits per heavy atom. The first kappa shape index (κ1) is 46.9. The molecule has 0 fully saturated rings. The predicted molar refractivity (Wildman–Crippen MR) is 245 cm³/mol. The number of nitrogens with one attached hydrogen (secondary N) is 3. The second-order valence-electron chi connectivity index (χ2n) is 14.8. The fraction of sp³-hybridized carbons (Fsp3) is 0.0816. The number of amides is 3. The van der Waals surface area contributed by atoms with Gasteiger partial charge in [0.1, 0.15) is 34.3 Å². The standard InChI is InChI=1S/C35H27N5O3.2C7H8O3S/c1-39-19-3-5-26-21-29(15-17-31(26)39)37-34(42)24-9-7-23(8-10-24)33(41)36-28-13-11-25(12-14-28)35(43)38-30-16-18-32-27(22-30)6-4-20-40(32)2;2*1-6-2-4-7(5-3-6)11(8,9)10/h3-22H,1-2H3,(H-2,36,37,38,41,42,43);2*2-5H,1H3,(H,8,9,10). The van der Waals surface area contributed by atoms with Gasteiger partial charge in [-0.25, -0.2) is 26.0 Å². The van der Waals surface area contributed by atoms with E-state index in [1.165, 1.54) is 24.3 Å². The summed E-state index contributed by atoms with van der Waals surface area (Å²) in [5.41, 5.74) is 7.22. The van der Waals surface area contributed by atoms with Gasteiger partial charge in [-0.2, -0.15) is 0 Å². The van der Waals surface area contributed by atoms with Crippen molar-refractivity contribution in [1.82, 2.24) is 0 Å². The maximum Gasteiger partial charge on any atom is 0.255 e. The van der Waals surface area contributed by atoms with Crippen LogP contribution in [0.2, 0.25) is 0 Å². The Morgan fingerprint density at radius 1 is 0.431 bits per heavy atom. The van der Waals surface area contributed by atoms with Crippen LogP contribution in [-0.4, -0.2) is 43.7 Å². The Balaban J connectivity index is 0.000000259. The van der Waals surface area contributed by atoms with Crippen LogP contribution in [-0.2, 0) is 34.3 Å². The van der Waals surface area contributed by atoms with Crippen LogP contribution in [0.25, 0.3) is 21.8 Å². The molecular formula is C49H43N5O9S2. The van der Waals surface area contributed by atoms with Gasteiger partial charge >= 0.3 is 0 Å². The van der Waals surface area contributed by atoms with E-state index in [-0.39, 0.29) is 27.5 Å². The molecule has 0 aliphatic rings. The van der Waals surface area contributed by atoms with Crippen molar-refractivity contribution in [2.45, 2.75) is 23.6 Å². The number of hydrogen-bond donors (Lipinski definition) is 3. The van der Waals surface area contributed by atoms with E-state index < -0.39 is 20.2 Å². The average molecular weight is 910 g/mol. The Labute approximate surface area is 376 Å². The zero-order valence-electron chi connectivity index (χ0n) is 35.6. The van der Waals surface area contributed by atoms with Crippen LogP contribution in [0.1, 0.15) is 42.2 Å². The van der Waals surface area contributed by atoms with Gasteiger partial charge in [-0.3, -0.25) is 14.4 Å². The van der Waals surface area contributed by atoms with Crippen LogP contribution in [0.4, 0.5) is 17.1 Å². The van der Waals surface area contributed by atoms with Gasteiger partial charge in [0.25, 0.3) is 17.7 Å². The van der Waals surface area contributed by atoms with Gasteiger partial charge in [-0.1, -0.05) is 35.4 Å². The Hall–Kier alpha value is -7.63. The molecule has 0 radical (unpaired) electrons. The van der Waals surface area contributed by atoms with Gasteiger partial charge in [-0.05, 0) is 123 Å². The van der Waals surface area contributed by atoms with Crippen LogP contribution in [0.3, 0.4) is 0 Å². The molecule has 0 bridgehead atoms. The summed E-state index contributed by atoms with van der Waals surface area (Å²) in [7, 11) is -4.59. The summed E-state index contributed by atoms with van der Waals surface area (Å²) in [6.07, 6.45) is 3.95. The average Bonchev–Trinajstić information content (AvgIpc) is 3.27. The van der Waals surface area contributed by atoms with Gasteiger partial charge in [0.2, 0.25) is 11.0 Å². The summed E-state index contributed by atoms with van der Waals surface area (Å²) in [4.78, 5) is 38.1. The third kappa shape index (κ3) is 12.7. The zero-order valence-corrected chi connectivity index (χ0v) is 37.2. The third-order valence-corrected chi connectivity index (χ3v) is 11.6. The number of aryl methyl sites for hydroxylation is 4. The van der Waals surface area contributed by atoms with Crippen molar-refractivity contribution in [1.29, 1.82) is 0 Å². The molecule has 6 aromatic carbocycles. The minimum absolute atomic E-state index is 0.178. The quantitative estimate of drug-likeness (QED) is 0.104. The molecule has 2 aromatic heterocycles. The van der Waals surface area contributed by atoms with E-state index in [2.05, 4.69) is 16.0 Å². The first-order valence-corrected chi connectivity index (χ1v) is 22.6. The number of benzene rings is 6. The number of rotatable bonds is 8. The van der Waals surface area contributed by atoms with Crippen molar-refractivity contribution in [2.75, 3.05) is 16.0 Å². The van der Waals surface area contributed by atoms with E-state index in [0.29, 0.717) is 33.8 Å². The number of aromatic nitrogens is 2. The van der Waals surface area contributed by atoms with Gasteiger partial charge < -0.3 is 25.1 Å². The summed E-state index contributed by atoms with van der Waals surface area (Å²) in [5, 5.41) is 10.7. The normalized spacial score (nSPS) is 11.0. The second kappa shape index (κ2) is 20.3. The number of fused-ring (bicyclic) bond motifs is 2. The molecule has 0 saturated carbocycles. The predicted octanol–water partition coefficient (Wildman–Crippen LogP) is 7.20. The lowest BCUT2D eigenvalue weighted by molar-refractivity contribution is -0.645. The first-order valence-electron chi connectivity index (χ1n) is 19.8. The number of carbonyl (C=O) groups is 3. The minimum Gasteiger partial charge on any atom is -0.744 e. The Kier molecular flexibility index (Phi) is 14.6. The number of carbonyl (C=O) groups excluding carboxylic acids is 3. The topological polar surface area (TPSA) is 209 Å². The largest absolute Gasteiger partial charge is 0.744 e. The molecule has 0 saturated heterocycles. The van der Waals surface area contributed by atoms with Crippen LogP contribution < -0.4 is 25.1 Å². The fourth-order valence-corrected chi connectivity index (χ4v) is 7.32. The number of pyridine rings is 2. The SMILES string of the molecule is C[n+]1cccc2cc(NC(=O)c3ccc(NC(=O)c4ccc(C(=O)Nc5ccc6c(ccc[n+]6C)c5)cc4)cc3)ccc21.Cc1ccc(S(=O)(=O)[O-])cc1.Cc1ccc(S(=O)(=O)[O-])cc1. The first-order chi connectivity index (χ1) is 30.8. The molecule has 0 spiro atoms. The number of nitrogens with zero attached hydrogens (tertiary/aromatic N) is 2. The van der Waals surface area contributed by atoms with E-state index in [9.17, 15) is 40.3 Å². The Morgan fingerprint density at radius 2 is 0.738 bits per heavy atom. The van der Waals surface area contributed by atoms with E-state index in [4.69, 9.17) is 0 Å². The molecule has 3 N–H and O–H groups in total. The highest BCUT2D eigenvalue weighted by Gasteiger charge is 2.13. The summed E-state index contributed by atoms with van der Waals surface area (Å²) in [6.45, 7) is 3.64. The molecule has 0 atom stereocenters. The summed E-state index contributed by atoms with van der Waals surface area (Å²) >= 11 is 0. The molecule has 16 heteroatoms. The molecule has 330 valence electrons. The van der Waals surface area contributed by atoms with Gasteiger partial charge in [0.05, 0.1) is 9.79 Å². The molecule has 0 unspecified atom stereocenters. The van der Waals surface area contributed by atoms with E-state index >= 15 is 0 Å². The van der Waals surface area contributed by atoms with Crippen LogP contribution in [0.5, 0.6) is 0 Å². The lowest BCUT2D eigenvalue weighted by atomic mass is 10.1. The molecule has 8 rings (SSSR count). The van der Waals surface area contributed by atoms with Crippen molar-refractivity contribution in [3.63, 3.8) is 0 Å². The van der Waals surface area contributed by atoms with Crippen LogP contribution in [0.15, 0.2) is 180 Å². The fourth-order valence-electron chi connectivity index (χ4n) is 6.38. The lowest BCUT2D eigenvalue weighted by Gasteiger charge is -2.09. The second-order valence-corrected chi connectivity index (χ2v) is 17.6. The van der Waals surface area contributed by atoms with E-state index in [1.54, 1.807) is 72.8 Å². The highest BCUT2D eigenvalue weighted by atomic mass is 32.2. The highest BCUT2D eigenvalue weighted by Crippen LogP contribution is 2.20. The number of anilines is 3. The summed E-state index contributed by atoms with van der Waals surface area (Å²) < 4.78 is 66.4. The molecule has 14 nitrogen and oxygen atoms in total. The summed E-state index contributed by atoms with van der Waals surface area (Å²) in [6, 6.07) is 44.1. The van der Waals surface area contributed by atoms with E-state index in [1.807, 2.05) is 110 Å². The van der Waals surface area contributed by atoms with Crippen molar-refractivity contribution in [2.24, 2.45) is 14.1 Å². The van der Waals surface area contributed by atoms with Crippen molar-refractivity contribution in [3.8, 4) is 0 Å². The molecule has 0 aliphatic carbocycles. The smallest absolute Gasteiger partial charge is 0.255 e. The minimum atomic E-state index is -4.27. The van der Waals surface area contributed by atoms with Crippen molar-refractivity contribution < 1.29 is 49.5 Å². The molecule has 3 amide bonds.